The molecule has 1 fully saturated rings. The van der Waals surface area contributed by atoms with Gasteiger partial charge in [-0.15, -0.1) is 0 Å². The SMILES string of the molecule is Cn1nc(C(O)c2ccccc2)nc1NCC(O)COc1cccc(CN2CCCCC2)c1. The maximum absolute atomic E-state index is 10.5. The molecule has 0 amide bonds. The average Bonchev–Trinajstić information content (AvgIpc) is 3.23. The summed E-state index contributed by atoms with van der Waals surface area (Å²) in [6.45, 7) is 3.66. The molecule has 0 bridgehead atoms. The molecule has 2 aromatic carbocycles. The summed E-state index contributed by atoms with van der Waals surface area (Å²) < 4.78 is 7.38. The van der Waals surface area contributed by atoms with E-state index >= 15 is 0 Å². The standard InChI is InChI=1S/C25H33N5O3/c1-29-25(27-24(28-29)23(32)20-10-4-2-5-11-20)26-16-21(31)18-33-22-12-8-9-19(15-22)17-30-13-6-3-7-14-30/h2,4-5,8-12,15,21,23,31-32H,3,6-7,13-14,16-18H2,1H3,(H,26,27,28). The highest BCUT2D eigenvalue weighted by molar-refractivity contribution is 5.30. The van der Waals surface area contributed by atoms with Crippen LogP contribution in [0.25, 0.3) is 0 Å². The van der Waals surface area contributed by atoms with Crippen LogP contribution in [0.3, 0.4) is 0 Å². The quantitative estimate of drug-likeness (QED) is 0.436. The predicted molar refractivity (Wildman–Crippen MR) is 127 cm³/mol. The molecule has 3 N–H and O–H groups in total. The van der Waals surface area contributed by atoms with E-state index in [4.69, 9.17) is 4.74 Å². The molecule has 1 saturated heterocycles. The Bertz CT molecular complexity index is 1000. The van der Waals surface area contributed by atoms with E-state index in [0.29, 0.717) is 11.8 Å². The first-order valence-electron chi connectivity index (χ1n) is 11.6. The molecular weight excluding hydrogens is 418 g/mol. The summed E-state index contributed by atoms with van der Waals surface area (Å²) in [6.07, 6.45) is 2.24. The van der Waals surface area contributed by atoms with Gasteiger partial charge in [0.2, 0.25) is 5.95 Å². The molecule has 8 nitrogen and oxygen atoms in total. The van der Waals surface area contributed by atoms with Crippen molar-refractivity contribution >= 4 is 5.95 Å². The third-order valence-electron chi connectivity index (χ3n) is 5.83. The number of nitrogens with zero attached hydrogens (tertiary/aromatic N) is 4. The van der Waals surface area contributed by atoms with Crippen LogP contribution in [0.15, 0.2) is 54.6 Å². The molecule has 3 aromatic rings. The molecule has 0 aliphatic carbocycles. The van der Waals surface area contributed by atoms with Crippen molar-refractivity contribution < 1.29 is 14.9 Å². The molecule has 2 atom stereocenters. The number of hydrogen-bond donors (Lipinski definition) is 3. The van der Waals surface area contributed by atoms with Gasteiger partial charge in [-0.05, 0) is 49.2 Å². The second kappa shape index (κ2) is 11.3. The summed E-state index contributed by atoms with van der Waals surface area (Å²) in [7, 11) is 1.74. The third-order valence-corrected chi connectivity index (χ3v) is 5.83. The predicted octanol–water partition coefficient (Wildman–Crippen LogP) is 2.73. The molecule has 4 rings (SSSR count). The topological polar surface area (TPSA) is 95.7 Å². The van der Waals surface area contributed by atoms with Gasteiger partial charge in [0.05, 0.1) is 0 Å². The van der Waals surface area contributed by atoms with E-state index in [1.54, 1.807) is 11.7 Å². The molecule has 0 spiro atoms. The van der Waals surface area contributed by atoms with Crippen molar-refractivity contribution in [2.24, 2.45) is 7.05 Å². The first-order chi connectivity index (χ1) is 16.1. The minimum Gasteiger partial charge on any atom is -0.491 e. The Labute approximate surface area is 194 Å². The zero-order valence-electron chi connectivity index (χ0n) is 19.1. The van der Waals surface area contributed by atoms with Crippen LogP contribution in [-0.2, 0) is 13.6 Å². The summed E-state index contributed by atoms with van der Waals surface area (Å²) in [4.78, 5) is 6.85. The van der Waals surface area contributed by atoms with Gasteiger partial charge in [-0.2, -0.15) is 10.1 Å². The van der Waals surface area contributed by atoms with Crippen LogP contribution in [0.2, 0.25) is 0 Å². The average molecular weight is 452 g/mol. The Balaban J connectivity index is 1.26. The molecule has 8 heteroatoms. The van der Waals surface area contributed by atoms with E-state index in [0.717, 1.165) is 30.9 Å². The van der Waals surface area contributed by atoms with Crippen molar-refractivity contribution in [3.05, 3.63) is 71.5 Å². The number of likely N-dealkylation sites (tertiary alicyclic amines) is 1. The summed E-state index contributed by atoms with van der Waals surface area (Å²) in [5.41, 5.74) is 1.95. The minimum absolute atomic E-state index is 0.164. The van der Waals surface area contributed by atoms with Crippen molar-refractivity contribution in [3.8, 4) is 5.75 Å². The van der Waals surface area contributed by atoms with E-state index < -0.39 is 12.2 Å². The van der Waals surface area contributed by atoms with Crippen molar-refractivity contribution in [1.82, 2.24) is 19.7 Å². The van der Waals surface area contributed by atoms with E-state index in [1.807, 2.05) is 42.5 Å². The Morgan fingerprint density at radius 2 is 1.82 bits per heavy atom. The van der Waals surface area contributed by atoms with Crippen LogP contribution >= 0.6 is 0 Å². The zero-order chi connectivity index (χ0) is 23.0. The van der Waals surface area contributed by atoms with Gasteiger partial charge in [-0.3, -0.25) is 4.90 Å². The van der Waals surface area contributed by atoms with Gasteiger partial charge in [0.15, 0.2) is 5.82 Å². The summed E-state index contributed by atoms with van der Waals surface area (Å²) in [5, 5.41) is 28.3. The lowest BCUT2D eigenvalue weighted by Crippen LogP contribution is -2.29. The van der Waals surface area contributed by atoms with Gasteiger partial charge in [-0.25, -0.2) is 4.68 Å². The van der Waals surface area contributed by atoms with Crippen molar-refractivity contribution in [1.29, 1.82) is 0 Å². The molecule has 2 heterocycles. The smallest absolute Gasteiger partial charge is 0.221 e. The fourth-order valence-electron chi connectivity index (χ4n) is 4.03. The molecule has 0 radical (unpaired) electrons. The third kappa shape index (κ3) is 6.54. The molecule has 176 valence electrons. The molecule has 1 aliphatic rings. The lowest BCUT2D eigenvalue weighted by atomic mass is 10.1. The van der Waals surface area contributed by atoms with E-state index in [-0.39, 0.29) is 13.2 Å². The van der Waals surface area contributed by atoms with Gasteiger partial charge in [0, 0.05) is 20.1 Å². The number of nitrogens with one attached hydrogen (secondary N) is 1. The number of ether oxygens (including phenoxy) is 1. The molecular formula is C25H33N5O3. The maximum Gasteiger partial charge on any atom is 0.221 e. The Kier molecular flexibility index (Phi) is 7.93. The molecule has 1 aliphatic heterocycles. The Hall–Kier alpha value is -2.94. The number of anilines is 1. The van der Waals surface area contributed by atoms with Crippen LogP contribution in [0, 0.1) is 0 Å². The molecule has 2 unspecified atom stereocenters. The number of hydrogen-bond acceptors (Lipinski definition) is 7. The second-order valence-electron chi connectivity index (χ2n) is 8.56. The molecule has 0 saturated carbocycles. The highest BCUT2D eigenvalue weighted by atomic mass is 16.5. The van der Waals surface area contributed by atoms with E-state index in [9.17, 15) is 10.2 Å². The van der Waals surface area contributed by atoms with Crippen LogP contribution in [0.4, 0.5) is 5.95 Å². The molecule has 33 heavy (non-hydrogen) atoms. The maximum atomic E-state index is 10.5. The zero-order valence-corrected chi connectivity index (χ0v) is 19.1. The normalized spacial score (nSPS) is 16.3. The number of aliphatic hydroxyl groups excluding tert-OH is 2. The van der Waals surface area contributed by atoms with Crippen LogP contribution < -0.4 is 10.1 Å². The van der Waals surface area contributed by atoms with E-state index in [2.05, 4.69) is 32.4 Å². The highest BCUT2D eigenvalue weighted by Crippen LogP contribution is 2.20. The van der Waals surface area contributed by atoms with Gasteiger partial charge in [-0.1, -0.05) is 48.9 Å². The van der Waals surface area contributed by atoms with Crippen molar-refractivity contribution in [3.63, 3.8) is 0 Å². The summed E-state index contributed by atoms with van der Waals surface area (Å²) >= 11 is 0. The summed E-state index contributed by atoms with van der Waals surface area (Å²) in [5.74, 6) is 1.54. The number of piperidine rings is 1. The fraction of sp³-hybridized carbons (Fsp3) is 0.440. The van der Waals surface area contributed by atoms with Crippen molar-refractivity contribution in [2.45, 2.75) is 38.0 Å². The monoisotopic (exact) mass is 451 g/mol. The number of rotatable bonds is 10. The lowest BCUT2D eigenvalue weighted by molar-refractivity contribution is 0.117. The number of benzene rings is 2. The van der Waals surface area contributed by atoms with Crippen LogP contribution in [-0.4, -0.2) is 62.2 Å². The lowest BCUT2D eigenvalue weighted by Gasteiger charge is -2.26. The van der Waals surface area contributed by atoms with Crippen LogP contribution in [0.1, 0.15) is 42.3 Å². The highest BCUT2D eigenvalue weighted by Gasteiger charge is 2.18. The Morgan fingerprint density at radius 3 is 2.61 bits per heavy atom. The number of aryl methyl sites for hydroxylation is 1. The van der Waals surface area contributed by atoms with E-state index in [1.165, 1.54) is 24.8 Å². The van der Waals surface area contributed by atoms with Gasteiger partial charge >= 0.3 is 0 Å². The first kappa shape index (κ1) is 23.2. The largest absolute Gasteiger partial charge is 0.491 e. The fourth-order valence-corrected chi connectivity index (χ4v) is 4.03. The van der Waals surface area contributed by atoms with Crippen molar-refractivity contribution in [2.75, 3.05) is 31.6 Å². The summed E-state index contributed by atoms with van der Waals surface area (Å²) in [6, 6.07) is 17.4. The van der Waals surface area contributed by atoms with Gasteiger partial charge in [0.1, 0.15) is 24.6 Å². The molecule has 1 aromatic heterocycles. The minimum atomic E-state index is -0.904. The van der Waals surface area contributed by atoms with Gasteiger partial charge < -0.3 is 20.3 Å². The number of aliphatic hydroxyl groups is 2. The Morgan fingerprint density at radius 1 is 1.03 bits per heavy atom. The van der Waals surface area contributed by atoms with Crippen LogP contribution in [0.5, 0.6) is 5.75 Å². The van der Waals surface area contributed by atoms with Gasteiger partial charge in [0.25, 0.3) is 0 Å². The first-order valence-corrected chi connectivity index (χ1v) is 11.6. The number of aromatic nitrogens is 3. The second-order valence-corrected chi connectivity index (χ2v) is 8.56.